The summed E-state index contributed by atoms with van der Waals surface area (Å²) >= 11 is 1.51. The average Bonchev–Trinajstić information content (AvgIpc) is 3.31. The average molecular weight is 447 g/mol. The number of rotatable bonds is 10. The van der Waals surface area contributed by atoms with E-state index in [9.17, 15) is 0 Å². The maximum atomic E-state index is 6.03. The number of hydrogen-bond donors (Lipinski definition) is 1. The Bertz CT molecular complexity index is 1130. The van der Waals surface area contributed by atoms with Gasteiger partial charge in [0.05, 0.1) is 5.69 Å². The van der Waals surface area contributed by atoms with Crippen LogP contribution in [-0.4, -0.2) is 15.8 Å². The molecule has 0 saturated heterocycles. The van der Waals surface area contributed by atoms with Gasteiger partial charge in [0, 0.05) is 28.9 Å². The summed E-state index contributed by atoms with van der Waals surface area (Å²) in [5, 5.41) is 6.78. The van der Waals surface area contributed by atoms with Gasteiger partial charge in [0.25, 0.3) is 0 Å². The second-order valence-electron chi connectivity index (χ2n) is 6.76. The number of ether oxygens (including phenoxy) is 2. The zero-order chi connectivity index (χ0) is 22.0. The molecule has 8 heteroatoms. The van der Waals surface area contributed by atoms with Crippen LogP contribution in [-0.2, 0) is 24.7 Å². The Morgan fingerprint density at radius 1 is 0.875 bits per heavy atom. The number of thiazole rings is 1. The van der Waals surface area contributed by atoms with E-state index in [1.54, 1.807) is 12.4 Å². The molecule has 2 N–H and O–H groups in total. The number of para-hydroxylation sites is 1. The van der Waals surface area contributed by atoms with Gasteiger partial charge in [0.1, 0.15) is 29.7 Å². The summed E-state index contributed by atoms with van der Waals surface area (Å²) in [6.07, 6.45) is 3.51. The van der Waals surface area contributed by atoms with Gasteiger partial charge >= 0.3 is 0 Å². The topological polar surface area (TPSA) is 91.9 Å². The molecule has 4 aromatic rings. The molecule has 0 amide bonds. The number of oxime groups is 1. The molecule has 4 rings (SSSR count). The van der Waals surface area contributed by atoms with Crippen molar-refractivity contribution < 1.29 is 14.3 Å². The third-order valence-electron chi connectivity index (χ3n) is 4.36. The van der Waals surface area contributed by atoms with Crippen LogP contribution in [0, 0.1) is 0 Å². The van der Waals surface area contributed by atoms with Crippen LogP contribution in [0.15, 0.2) is 89.7 Å². The highest BCUT2D eigenvalue weighted by atomic mass is 32.1. The first-order valence-corrected chi connectivity index (χ1v) is 10.8. The summed E-state index contributed by atoms with van der Waals surface area (Å²) in [6, 6.07) is 20.8. The molecular weight excluding hydrogens is 424 g/mol. The van der Waals surface area contributed by atoms with Gasteiger partial charge in [-0.15, -0.1) is 11.3 Å². The molecule has 2 aromatic carbocycles. The highest BCUT2D eigenvalue weighted by molar-refractivity contribution is 7.09. The van der Waals surface area contributed by atoms with E-state index in [0.29, 0.717) is 13.2 Å². The number of aromatic nitrogens is 2. The van der Waals surface area contributed by atoms with Crippen LogP contribution < -0.4 is 15.2 Å². The highest BCUT2D eigenvalue weighted by Crippen LogP contribution is 2.16. The molecule has 0 aliphatic rings. The second-order valence-corrected chi connectivity index (χ2v) is 7.70. The molecule has 0 aliphatic heterocycles. The van der Waals surface area contributed by atoms with E-state index in [1.807, 2.05) is 72.1 Å². The summed E-state index contributed by atoms with van der Waals surface area (Å²) in [6.45, 7) is 1.09. The van der Waals surface area contributed by atoms with Crippen LogP contribution in [0.1, 0.15) is 21.8 Å². The van der Waals surface area contributed by atoms with Crippen molar-refractivity contribution in [2.75, 3.05) is 0 Å². The summed E-state index contributed by atoms with van der Waals surface area (Å²) in [5.74, 6) is 1.83. The number of hydrogen-bond acceptors (Lipinski definition) is 7. The fourth-order valence-electron chi connectivity index (χ4n) is 2.74. The molecule has 0 atom stereocenters. The molecule has 7 nitrogen and oxygen atoms in total. The van der Waals surface area contributed by atoms with Crippen molar-refractivity contribution in [1.82, 2.24) is 9.97 Å². The summed E-state index contributed by atoms with van der Waals surface area (Å²) < 4.78 is 11.5. The molecule has 0 fully saturated rings. The molecule has 2 heterocycles. The third kappa shape index (κ3) is 6.29. The SMILES string of the molecule is N/C(=N/OCc1csc(COc2ccccc2)n1)c1ccc(OCc2cccnc2)cc1. The van der Waals surface area contributed by atoms with Crippen molar-refractivity contribution in [3.05, 3.63) is 106 Å². The van der Waals surface area contributed by atoms with Crippen LogP contribution in [0.25, 0.3) is 0 Å². The van der Waals surface area contributed by atoms with E-state index >= 15 is 0 Å². The predicted molar refractivity (Wildman–Crippen MR) is 123 cm³/mol. The van der Waals surface area contributed by atoms with E-state index in [-0.39, 0.29) is 12.4 Å². The molecule has 0 spiro atoms. The number of benzene rings is 2. The van der Waals surface area contributed by atoms with Crippen molar-refractivity contribution in [3.8, 4) is 11.5 Å². The zero-order valence-corrected chi connectivity index (χ0v) is 18.1. The number of nitrogens with zero attached hydrogens (tertiary/aromatic N) is 3. The fraction of sp³-hybridized carbons (Fsp3) is 0.125. The monoisotopic (exact) mass is 446 g/mol. The molecular formula is C24H22N4O3S. The predicted octanol–water partition coefficient (Wildman–Crippen LogP) is 4.53. The molecule has 32 heavy (non-hydrogen) atoms. The summed E-state index contributed by atoms with van der Waals surface area (Å²) in [7, 11) is 0. The summed E-state index contributed by atoms with van der Waals surface area (Å²) in [5.41, 5.74) is 8.55. The van der Waals surface area contributed by atoms with Gasteiger partial charge in [-0.3, -0.25) is 4.98 Å². The van der Waals surface area contributed by atoms with E-state index in [1.165, 1.54) is 11.3 Å². The zero-order valence-electron chi connectivity index (χ0n) is 17.3. The molecule has 162 valence electrons. The van der Waals surface area contributed by atoms with E-state index in [4.69, 9.17) is 20.0 Å². The molecule has 0 aliphatic carbocycles. The molecule has 2 aromatic heterocycles. The number of amidine groups is 1. The minimum absolute atomic E-state index is 0.231. The first-order valence-electron chi connectivity index (χ1n) is 9.95. The third-order valence-corrected chi connectivity index (χ3v) is 5.23. The van der Waals surface area contributed by atoms with Gasteiger partial charge in [0.15, 0.2) is 12.4 Å². The maximum absolute atomic E-state index is 6.03. The minimum atomic E-state index is 0.231. The van der Waals surface area contributed by atoms with Crippen LogP contribution in [0.3, 0.4) is 0 Å². The Morgan fingerprint density at radius 2 is 1.66 bits per heavy atom. The van der Waals surface area contributed by atoms with E-state index in [2.05, 4.69) is 15.1 Å². The Hall–Kier alpha value is -3.91. The van der Waals surface area contributed by atoms with Crippen molar-refractivity contribution in [3.63, 3.8) is 0 Å². The van der Waals surface area contributed by atoms with Crippen molar-refractivity contribution in [2.45, 2.75) is 19.8 Å². The lowest BCUT2D eigenvalue weighted by molar-refractivity contribution is 0.127. The van der Waals surface area contributed by atoms with Crippen LogP contribution in [0.4, 0.5) is 0 Å². The lowest BCUT2D eigenvalue weighted by Gasteiger charge is -2.07. The van der Waals surface area contributed by atoms with E-state index in [0.717, 1.165) is 33.3 Å². The first-order chi connectivity index (χ1) is 15.8. The quantitative estimate of drug-likeness (QED) is 0.219. The molecule has 0 unspecified atom stereocenters. The minimum Gasteiger partial charge on any atom is -0.489 e. The van der Waals surface area contributed by atoms with Crippen LogP contribution in [0.5, 0.6) is 11.5 Å². The Labute approximate surface area is 190 Å². The number of nitrogens with two attached hydrogens (primary N) is 1. The maximum Gasteiger partial charge on any atom is 0.170 e. The lowest BCUT2D eigenvalue weighted by Crippen LogP contribution is -2.13. The van der Waals surface area contributed by atoms with Gasteiger partial charge in [-0.25, -0.2) is 4.98 Å². The van der Waals surface area contributed by atoms with Gasteiger partial charge < -0.3 is 20.0 Å². The molecule has 0 saturated carbocycles. The van der Waals surface area contributed by atoms with Crippen LogP contribution >= 0.6 is 11.3 Å². The second kappa shape index (κ2) is 10.9. The first kappa shape index (κ1) is 21.3. The van der Waals surface area contributed by atoms with Gasteiger partial charge in [0.2, 0.25) is 0 Å². The van der Waals surface area contributed by atoms with Gasteiger partial charge in [-0.05, 0) is 42.5 Å². The van der Waals surface area contributed by atoms with Gasteiger partial charge in [-0.2, -0.15) is 0 Å². The number of pyridine rings is 1. The summed E-state index contributed by atoms with van der Waals surface area (Å²) in [4.78, 5) is 13.9. The van der Waals surface area contributed by atoms with Crippen molar-refractivity contribution in [2.24, 2.45) is 10.9 Å². The Kier molecular flexibility index (Phi) is 7.28. The standard InChI is InChI=1S/C24H22N4O3S/c25-24(19-8-10-22(11-9-19)29-14-18-5-4-12-26-13-18)28-31-15-20-17-32-23(27-20)16-30-21-6-2-1-3-7-21/h1-13,17H,14-16H2,(H2,25,28). The Morgan fingerprint density at radius 3 is 2.44 bits per heavy atom. The highest BCUT2D eigenvalue weighted by Gasteiger charge is 2.05. The Balaban J connectivity index is 1.23. The van der Waals surface area contributed by atoms with E-state index < -0.39 is 0 Å². The molecule has 0 radical (unpaired) electrons. The normalized spacial score (nSPS) is 11.2. The molecule has 0 bridgehead atoms. The van der Waals surface area contributed by atoms with Crippen LogP contribution in [0.2, 0.25) is 0 Å². The fourth-order valence-corrected chi connectivity index (χ4v) is 3.43. The largest absolute Gasteiger partial charge is 0.489 e. The van der Waals surface area contributed by atoms with Gasteiger partial charge in [-0.1, -0.05) is 29.4 Å². The van der Waals surface area contributed by atoms with Crippen molar-refractivity contribution >= 4 is 17.2 Å². The smallest absolute Gasteiger partial charge is 0.170 e. The van der Waals surface area contributed by atoms with Crippen molar-refractivity contribution in [1.29, 1.82) is 0 Å². The lowest BCUT2D eigenvalue weighted by atomic mass is 10.2.